The van der Waals surface area contributed by atoms with Crippen molar-refractivity contribution in [1.29, 1.82) is 0 Å². The number of hydrogen-bond donors (Lipinski definition) is 0. The summed E-state index contributed by atoms with van der Waals surface area (Å²) in [6.07, 6.45) is 0. The third kappa shape index (κ3) is 4.41. The van der Waals surface area contributed by atoms with E-state index in [1.54, 1.807) is 15.8 Å². The van der Waals surface area contributed by atoms with Crippen molar-refractivity contribution in [1.82, 2.24) is 0 Å². The van der Waals surface area contributed by atoms with E-state index in [1.807, 2.05) is 6.07 Å². The molecule has 0 nitrogen and oxygen atoms in total. The van der Waals surface area contributed by atoms with E-state index in [1.165, 1.54) is 0 Å². The van der Waals surface area contributed by atoms with Crippen molar-refractivity contribution in [2.24, 2.45) is 0 Å². The molecule has 0 bridgehead atoms. The van der Waals surface area contributed by atoms with Crippen LogP contribution in [0.4, 0.5) is 0 Å². The van der Waals surface area contributed by atoms with Crippen LogP contribution in [0.25, 0.3) is 0 Å². The van der Waals surface area contributed by atoms with Gasteiger partial charge < -0.3 is 11.3 Å². The number of halogens is 1. The van der Waals surface area contributed by atoms with E-state index in [4.69, 9.17) is 9.69 Å². The maximum absolute atomic E-state index is 4.76. The summed E-state index contributed by atoms with van der Waals surface area (Å²) in [5.74, 6) is 0. The van der Waals surface area contributed by atoms with Crippen molar-refractivity contribution in [3.63, 3.8) is 0 Å². The Bertz CT molecular complexity index is 181. The molecule has 0 aliphatic heterocycles. The summed E-state index contributed by atoms with van der Waals surface area (Å²) in [6.45, 7) is 7.06. The van der Waals surface area contributed by atoms with Gasteiger partial charge in [-0.05, 0) is 0 Å². The standard InChI is InChI=1S/C7H11SSi.ClH.Zn/c1-9(2,3)7-5-4-6-8-7;;/h4-5H,1-3H3;1H;/q-1;;+2/p-1. The molecule has 0 unspecified atom stereocenters. The Morgan fingerprint density at radius 1 is 1.45 bits per heavy atom. The molecule has 1 rings (SSSR count). The zero-order valence-corrected chi connectivity index (χ0v) is 12.7. The van der Waals surface area contributed by atoms with Crippen LogP contribution in [0.3, 0.4) is 0 Å². The molecule has 0 aliphatic carbocycles. The van der Waals surface area contributed by atoms with Crippen molar-refractivity contribution in [3.05, 3.63) is 17.5 Å². The Kier molecular flexibility index (Phi) is 5.88. The Balaban J connectivity index is 0.000000461. The molecule has 0 aliphatic rings. The van der Waals surface area contributed by atoms with Gasteiger partial charge in [0.25, 0.3) is 0 Å². The van der Waals surface area contributed by atoms with Crippen LogP contribution in [0, 0.1) is 5.38 Å². The topological polar surface area (TPSA) is 0 Å². The average Bonchev–Trinajstić information content (AvgIpc) is 2.40. The van der Waals surface area contributed by atoms with Gasteiger partial charge in [0.1, 0.15) is 0 Å². The van der Waals surface area contributed by atoms with E-state index in [-0.39, 0.29) is 0 Å². The molecule has 0 saturated heterocycles. The zero-order valence-electron chi connectivity index (χ0n) is 7.15. The van der Waals surface area contributed by atoms with Gasteiger partial charge in [-0.25, -0.2) is 6.07 Å². The molecule has 4 heteroatoms. The Morgan fingerprint density at radius 2 is 2.00 bits per heavy atom. The van der Waals surface area contributed by atoms with Crippen molar-refractivity contribution in [2.75, 3.05) is 0 Å². The predicted molar refractivity (Wildman–Crippen MR) is 52.0 cm³/mol. The fraction of sp³-hybridized carbons (Fsp3) is 0.429. The van der Waals surface area contributed by atoms with Gasteiger partial charge in [0.2, 0.25) is 0 Å². The van der Waals surface area contributed by atoms with Crippen LogP contribution < -0.4 is 4.50 Å². The molecule has 0 spiro atoms. The van der Waals surface area contributed by atoms with Crippen LogP contribution in [0.5, 0.6) is 0 Å². The van der Waals surface area contributed by atoms with Gasteiger partial charge in [-0.15, -0.1) is 5.38 Å². The first-order valence-corrected chi connectivity index (χ1v) is 11.6. The van der Waals surface area contributed by atoms with E-state index in [9.17, 15) is 0 Å². The second-order valence-corrected chi connectivity index (χ2v) is 9.45. The van der Waals surface area contributed by atoms with Crippen molar-refractivity contribution >= 4 is 33.6 Å². The normalized spacial score (nSPS) is 10.4. The van der Waals surface area contributed by atoms with Gasteiger partial charge in [0, 0.05) is 8.07 Å². The Hall–Kier alpha value is 0.830. The first kappa shape index (κ1) is 11.8. The summed E-state index contributed by atoms with van der Waals surface area (Å²) < 4.78 is 1.54. The first-order valence-electron chi connectivity index (χ1n) is 3.34. The summed E-state index contributed by atoms with van der Waals surface area (Å²) in [6, 6.07) is 4.20. The molecule has 1 aromatic rings. The van der Waals surface area contributed by atoms with E-state index in [0.29, 0.717) is 0 Å². The second kappa shape index (κ2) is 5.47. The van der Waals surface area contributed by atoms with Crippen LogP contribution in [0.1, 0.15) is 0 Å². The molecular formula is C7H11ClSSiZn. The van der Waals surface area contributed by atoms with Crippen LogP contribution in [-0.4, -0.2) is 8.07 Å². The van der Waals surface area contributed by atoms with Gasteiger partial charge in [-0.1, -0.05) is 19.6 Å². The summed E-state index contributed by atoms with van der Waals surface area (Å²) in [5, 5.41) is 3.11. The fourth-order valence-corrected chi connectivity index (χ4v) is 3.03. The van der Waals surface area contributed by atoms with Gasteiger partial charge in [-0.3, -0.25) is 0 Å². The molecule has 11 heavy (non-hydrogen) atoms. The zero-order chi connectivity index (χ0) is 8.91. The van der Waals surface area contributed by atoms with Crippen LogP contribution in [0.2, 0.25) is 19.6 Å². The SMILES string of the molecule is C[Si](C)(C)c1cc[c-]s1.[Cl][Zn+]. The fourth-order valence-electron chi connectivity index (χ4n) is 0.644. The molecule has 0 saturated carbocycles. The van der Waals surface area contributed by atoms with E-state index < -0.39 is 8.07 Å². The molecular weight excluding hydrogens is 245 g/mol. The molecule has 1 aromatic heterocycles. The molecule has 0 amide bonds. The Morgan fingerprint density at radius 3 is 2.18 bits per heavy atom. The predicted octanol–water partition coefficient (Wildman–Crippen LogP) is 2.78. The summed E-state index contributed by atoms with van der Waals surface area (Å²) in [7, 11) is 3.77. The molecule has 0 fully saturated rings. The van der Waals surface area contributed by atoms with Crippen molar-refractivity contribution in [3.8, 4) is 0 Å². The summed E-state index contributed by atoms with van der Waals surface area (Å²) in [4.78, 5) is 0. The molecule has 0 aromatic carbocycles. The number of rotatable bonds is 1. The second-order valence-electron chi connectivity index (χ2n) is 3.17. The minimum atomic E-state index is -0.994. The molecule has 1 heterocycles. The van der Waals surface area contributed by atoms with Gasteiger partial charge in [0.15, 0.2) is 0 Å². The van der Waals surface area contributed by atoms with Crippen LogP contribution >= 0.6 is 21.0 Å². The molecule has 58 valence electrons. The minimum absolute atomic E-state index is 0.847. The van der Waals surface area contributed by atoms with Crippen molar-refractivity contribution < 1.29 is 17.3 Å². The summed E-state index contributed by atoms with van der Waals surface area (Å²) >= 11 is 2.61. The number of hydrogen-bond acceptors (Lipinski definition) is 1. The summed E-state index contributed by atoms with van der Waals surface area (Å²) in [5.41, 5.74) is 0. The third-order valence-corrected chi connectivity index (χ3v) is 5.61. The third-order valence-electron chi connectivity index (χ3n) is 1.21. The number of thiophene rings is 1. The van der Waals surface area contributed by atoms with E-state index >= 15 is 0 Å². The van der Waals surface area contributed by atoms with E-state index in [2.05, 4.69) is 31.1 Å². The molecule has 0 atom stereocenters. The van der Waals surface area contributed by atoms with Gasteiger partial charge in [0.05, 0.1) is 0 Å². The first-order chi connectivity index (χ1) is 5.11. The van der Waals surface area contributed by atoms with Gasteiger partial charge >= 0.3 is 27.0 Å². The van der Waals surface area contributed by atoms with Crippen LogP contribution in [-0.2, 0) is 17.3 Å². The van der Waals surface area contributed by atoms with Crippen LogP contribution in [0.15, 0.2) is 12.1 Å². The van der Waals surface area contributed by atoms with Gasteiger partial charge in [-0.2, -0.15) is 10.6 Å². The Labute approximate surface area is 87.7 Å². The average molecular weight is 256 g/mol. The molecule has 0 N–H and O–H groups in total. The monoisotopic (exact) mass is 254 g/mol. The maximum atomic E-state index is 4.76. The molecule has 0 radical (unpaired) electrons. The van der Waals surface area contributed by atoms with E-state index in [0.717, 1.165) is 17.3 Å². The van der Waals surface area contributed by atoms with Crippen molar-refractivity contribution in [2.45, 2.75) is 19.6 Å². The quantitative estimate of drug-likeness (QED) is 0.535.